The zero-order valence-electron chi connectivity index (χ0n) is 11.8. The molecule has 2 aromatic rings. The summed E-state index contributed by atoms with van der Waals surface area (Å²) in [5.74, 6) is 0.206. The van der Waals surface area contributed by atoms with Crippen LogP contribution >= 0.6 is 0 Å². The first-order chi connectivity index (χ1) is 10.6. The third-order valence-electron chi connectivity index (χ3n) is 3.37. The van der Waals surface area contributed by atoms with Gasteiger partial charge in [0.15, 0.2) is 11.5 Å². The van der Waals surface area contributed by atoms with Gasteiger partial charge in [0, 0.05) is 0 Å². The standard InChI is InChI=1S/C17H13NO4/c1-21-11-7-5-10(6-8-11)9-14-15(19)12-3-2-4-13(17(18)20)16(12)22-14/h2-9H,1H3,(H2,18,20)/b14-9-. The summed E-state index contributed by atoms with van der Waals surface area (Å²) < 4.78 is 10.6. The fourth-order valence-electron chi connectivity index (χ4n) is 2.26. The van der Waals surface area contributed by atoms with Gasteiger partial charge in [-0.15, -0.1) is 0 Å². The Morgan fingerprint density at radius 1 is 1.18 bits per heavy atom. The van der Waals surface area contributed by atoms with Crippen molar-refractivity contribution in [1.82, 2.24) is 0 Å². The van der Waals surface area contributed by atoms with Crippen LogP contribution in [-0.4, -0.2) is 18.8 Å². The van der Waals surface area contributed by atoms with Crippen molar-refractivity contribution < 1.29 is 19.1 Å². The maximum absolute atomic E-state index is 12.3. The van der Waals surface area contributed by atoms with Crippen LogP contribution in [0.15, 0.2) is 48.2 Å². The van der Waals surface area contributed by atoms with Crippen LogP contribution in [0.2, 0.25) is 0 Å². The van der Waals surface area contributed by atoms with Crippen LogP contribution in [0.4, 0.5) is 0 Å². The van der Waals surface area contributed by atoms with Crippen molar-refractivity contribution in [1.29, 1.82) is 0 Å². The Balaban J connectivity index is 1.97. The molecule has 0 spiro atoms. The van der Waals surface area contributed by atoms with Crippen molar-refractivity contribution in [3.8, 4) is 11.5 Å². The molecule has 0 saturated carbocycles. The summed E-state index contributed by atoms with van der Waals surface area (Å²) in [6.45, 7) is 0. The highest BCUT2D eigenvalue weighted by Crippen LogP contribution is 2.34. The van der Waals surface area contributed by atoms with E-state index in [9.17, 15) is 9.59 Å². The van der Waals surface area contributed by atoms with Gasteiger partial charge in [0.2, 0.25) is 5.78 Å². The van der Waals surface area contributed by atoms with Gasteiger partial charge in [0.25, 0.3) is 5.91 Å². The van der Waals surface area contributed by atoms with Crippen LogP contribution in [0.3, 0.4) is 0 Å². The average molecular weight is 295 g/mol. The lowest BCUT2D eigenvalue weighted by Crippen LogP contribution is -2.11. The fraction of sp³-hybridized carbons (Fsp3) is 0.0588. The third-order valence-corrected chi connectivity index (χ3v) is 3.37. The molecule has 1 aliphatic heterocycles. The Labute approximate surface area is 127 Å². The van der Waals surface area contributed by atoms with E-state index in [0.717, 1.165) is 11.3 Å². The van der Waals surface area contributed by atoms with E-state index in [2.05, 4.69) is 0 Å². The number of fused-ring (bicyclic) bond motifs is 1. The molecule has 5 nitrogen and oxygen atoms in total. The highest BCUT2D eigenvalue weighted by Gasteiger charge is 2.30. The molecule has 1 heterocycles. The molecule has 0 unspecified atom stereocenters. The fourth-order valence-corrected chi connectivity index (χ4v) is 2.26. The Morgan fingerprint density at radius 2 is 1.91 bits per heavy atom. The first kappa shape index (κ1) is 13.9. The van der Waals surface area contributed by atoms with Gasteiger partial charge in [-0.1, -0.05) is 18.2 Å². The van der Waals surface area contributed by atoms with Crippen LogP contribution < -0.4 is 15.2 Å². The number of Topliss-reactive ketones (excluding diaryl/α,β-unsaturated/α-hetero) is 1. The van der Waals surface area contributed by atoms with Crippen molar-refractivity contribution in [3.63, 3.8) is 0 Å². The summed E-state index contributed by atoms with van der Waals surface area (Å²) >= 11 is 0. The van der Waals surface area contributed by atoms with Gasteiger partial charge in [-0.2, -0.15) is 0 Å². The van der Waals surface area contributed by atoms with Crippen LogP contribution in [0.25, 0.3) is 6.08 Å². The second-order valence-corrected chi connectivity index (χ2v) is 4.76. The number of ether oxygens (including phenoxy) is 2. The topological polar surface area (TPSA) is 78.6 Å². The number of rotatable bonds is 3. The summed E-state index contributed by atoms with van der Waals surface area (Å²) in [6, 6.07) is 11.9. The quantitative estimate of drug-likeness (QED) is 0.882. The number of carbonyl (C=O) groups is 2. The van der Waals surface area contributed by atoms with Crippen molar-refractivity contribution in [2.45, 2.75) is 0 Å². The first-order valence-corrected chi connectivity index (χ1v) is 6.61. The number of hydrogen-bond acceptors (Lipinski definition) is 4. The van der Waals surface area contributed by atoms with Crippen molar-refractivity contribution in [2.75, 3.05) is 7.11 Å². The highest BCUT2D eigenvalue weighted by molar-refractivity contribution is 6.16. The predicted molar refractivity (Wildman–Crippen MR) is 80.9 cm³/mol. The first-order valence-electron chi connectivity index (χ1n) is 6.61. The minimum absolute atomic E-state index is 0.161. The molecular formula is C17H13NO4. The van der Waals surface area contributed by atoms with Gasteiger partial charge in [-0.05, 0) is 35.9 Å². The zero-order chi connectivity index (χ0) is 15.7. The lowest BCUT2D eigenvalue weighted by molar-refractivity contribution is 0.0991. The molecule has 0 aromatic heterocycles. The molecule has 3 rings (SSSR count). The zero-order valence-corrected chi connectivity index (χ0v) is 11.8. The van der Waals surface area contributed by atoms with E-state index < -0.39 is 5.91 Å². The second-order valence-electron chi connectivity index (χ2n) is 4.76. The molecule has 0 atom stereocenters. The van der Waals surface area contributed by atoms with Crippen LogP contribution in [-0.2, 0) is 0 Å². The lowest BCUT2D eigenvalue weighted by Gasteiger charge is -2.03. The molecule has 0 radical (unpaired) electrons. The van der Waals surface area contributed by atoms with Gasteiger partial charge in [-0.25, -0.2) is 0 Å². The number of allylic oxidation sites excluding steroid dienone is 1. The molecule has 0 fully saturated rings. The van der Waals surface area contributed by atoms with Gasteiger partial charge in [0.1, 0.15) is 5.75 Å². The number of benzene rings is 2. The third kappa shape index (κ3) is 2.33. The number of methoxy groups -OCH3 is 1. The van der Waals surface area contributed by atoms with Gasteiger partial charge < -0.3 is 15.2 Å². The van der Waals surface area contributed by atoms with E-state index in [1.807, 2.05) is 0 Å². The Hall–Kier alpha value is -3.08. The monoisotopic (exact) mass is 295 g/mol. The molecular weight excluding hydrogens is 282 g/mol. The minimum Gasteiger partial charge on any atom is -0.497 e. The summed E-state index contributed by atoms with van der Waals surface area (Å²) in [5.41, 5.74) is 6.63. The second kappa shape index (κ2) is 5.37. The Kier molecular flexibility index (Phi) is 3.39. The van der Waals surface area contributed by atoms with Gasteiger partial charge in [0.05, 0.1) is 18.2 Å². The molecule has 0 bridgehead atoms. The van der Waals surface area contributed by atoms with E-state index in [4.69, 9.17) is 15.2 Å². The van der Waals surface area contributed by atoms with E-state index in [0.29, 0.717) is 5.56 Å². The number of primary amides is 1. The molecule has 1 amide bonds. The van der Waals surface area contributed by atoms with E-state index in [-0.39, 0.29) is 22.9 Å². The molecule has 0 saturated heterocycles. The predicted octanol–water partition coefficient (Wildman–Crippen LogP) is 2.41. The SMILES string of the molecule is COc1ccc(/C=C2\Oc3c(C(N)=O)cccc3C2=O)cc1. The van der Waals surface area contributed by atoms with E-state index in [1.165, 1.54) is 6.07 Å². The van der Waals surface area contributed by atoms with E-state index in [1.54, 1.807) is 49.6 Å². The summed E-state index contributed by atoms with van der Waals surface area (Å²) in [5, 5.41) is 0. The minimum atomic E-state index is -0.629. The molecule has 110 valence electrons. The maximum atomic E-state index is 12.3. The molecule has 0 aliphatic carbocycles. The molecule has 5 heteroatoms. The molecule has 1 aliphatic rings. The number of ketones is 1. The smallest absolute Gasteiger partial charge is 0.252 e. The van der Waals surface area contributed by atoms with Gasteiger partial charge in [-0.3, -0.25) is 9.59 Å². The number of carbonyl (C=O) groups excluding carboxylic acids is 2. The highest BCUT2D eigenvalue weighted by atomic mass is 16.5. The number of hydrogen-bond donors (Lipinski definition) is 1. The van der Waals surface area contributed by atoms with Crippen molar-refractivity contribution in [2.24, 2.45) is 5.73 Å². The Morgan fingerprint density at radius 3 is 2.55 bits per heavy atom. The Bertz CT molecular complexity index is 791. The van der Waals surface area contributed by atoms with E-state index >= 15 is 0 Å². The van der Waals surface area contributed by atoms with Crippen LogP contribution in [0.5, 0.6) is 11.5 Å². The number of nitrogens with two attached hydrogens (primary N) is 1. The van der Waals surface area contributed by atoms with Crippen LogP contribution in [0.1, 0.15) is 26.3 Å². The molecule has 2 aromatic carbocycles. The normalized spacial score (nSPS) is 14.6. The van der Waals surface area contributed by atoms with Crippen molar-refractivity contribution >= 4 is 17.8 Å². The number of para-hydroxylation sites is 1. The maximum Gasteiger partial charge on any atom is 0.252 e. The lowest BCUT2D eigenvalue weighted by atomic mass is 10.1. The average Bonchev–Trinajstić information content (AvgIpc) is 2.84. The van der Waals surface area contributed by atoms with Gasteiger partial charge >= 0.3 is 0 Å². The number of amides is 1. The summed E-state index contributed by atoms with van der Waals surface area (Å²) in [7, 11) is 1.58. The van der Waals surface area contributed by atoms with Crippen molar-refractivity contribution in [3.05, 3.63) is 64.9 Å². The van der Waals surface area contributed by atoms with Crippen LogP contribution in [0, 0.1) is 0 Å². The molecule has 22 heavy (non-hydrogen) atoms. The largest absolute Gasteiger partial charge is 0.497 e. The molecule has 2 N–H and O–H groups in total. The summed E-state index contributed by atoms with van der Waals surface area (Å²) in [6.07, 6.45) is 1.62. The summed E-state index contributed by atoms with van der Waals surface area (Å²) in [4.78, 5) is 23.7.